The Labute approximate surface area is 136 Å². The van der Waals surface area contributed by atoms with Crippen LogP contribution in [0.2, 0.25) is 0 Å². The molecule has 1 N–H and O–H groups in total. The van der Waals surface area contributed by atoms with Crippen molar-refractivity contribution >= 4 is 23.5 Å². The molecule has 1 nitrogen and oxygen atoms in total. The molecule has 1 aliphatic heterocycles. The van der Waals surface area contributed by atoms with E-state index in [0.717, 1.165) is 29.7 Å². The molecule has 4 heteroatoms. The summed E-state index contributed by atoms with van der Waals surface area (Å²) in [7, 11) is 0. The molecule has 1 aromatic rings. The molecule has 3 atom stereocenters. The average Bonchev–Trinajstić information content (AvgIpc) is 2.45. The van der Waals surface area contributed by atoms with Crippen LogP contribution >= 0.6 is 23.5 Å². The van der Waals surface area contributed by atoms with Gasteiger partial charge in [0.1, 0.15) is 5.82 Å². The number of benzene rings is 1. The Hall–Kier alpha value is -0.190. The summed E-state index contributed by atoms with van der Waals surface area (Å²) in [6.07, 6.45) is 1.15. The van der Waals surface area contributed by atoms with E-state index in [0.29, 0.717) is 10.5 Å². The van der Waals surface area contributed by atoms with Gasteiger partial charge in [0.2, 0.25) is 0 Å². The van der Waals surface area contributed by atoms with Gasteiger partial charge in [0.25, 0.3) is 0 Å². The van der Waals surface area contributed by atoms with Gasteiger partial charge >= 0.3 is 0 Å². The Balaban J connectivity index is 2.38. The minimum atomic E-state index is -0.0514. The molecule has 1 saturated heterocycles. The van der Waals surface area contributed by atoms with Gasteiger partial charge in [0.05, 0.1) is 0 Å². The van der Waals surface area contributed by atoms with Crippen LogP contribution in [-0.2, 0) is 0 Å². The summed E-state index contributed by atoms with van der Waals surface area (Å²) >= 11 is 4.06. The SMILES string of the molecule is CCNC(c1c(C)cc(C)cc1F)C1SCCSC1CC. The number of hydrogen-bond acceptors (Lipinski definition) is 3. The van der Waals surface area contributed by atoms with Crippen molar-refractivity contribution in [3.63, 3.8) is 0 Å². The third-order valence-corrected chi connectivity index (χ3v) is 7.39. The zero-order valence-electron chi connectivity index (χ0n) is 13.4. The van der Waals surface area contributed by atoms with Gasteiger partial charge in [-0.05, 0) is 44.0 Å². The quantitative estimate of drug-likeness (QED) is 0.840. The zero-order chi connectivity index (χ0) is 15.4. The van der Waals surface area contributed by atoms with Crippen molar-refractivity contribution in [1.82, 2.24) is 5.32 Å². The Morgan fingerprint density at radius 1 is 1.24 bits per heavy atom. The summed E-state index contributed by atoms with van der Waals surface area (Å²) < 4.78 is 14.6. The van der Waals surface area contributed by atoms with E-state index in [4.69, 9.17) is 0 Å². The highest BCUT2D eigenvalue weighted by Crippen LogP contribution is 2.41. The molecule has 1 fully saturated rings. The van der Waals surface area contributed by atoms with Crippen molar-refractivity contribution in [1.29, 1.82) is 0 Å². The number of hydrogen-bond donors (Lipinski definition) is 1. The van der Waals surface area contributed by atoms with Gasteiger partial charge in [-0.15, -0.1) is 0 Å². The monoisotopic (exact) mass is 327 g/mol. The number of nitrogens with one attached hydrogen (secondary N) is 1. The molecule has 0 bridgehead atoms. The van der Waals surface area contributed by atoms with E-state index in [1.807, 2.05) is 25.6 Å². The van der Waals surface area contributed by atoms with Gasteiger partial charge in [-0.3, -0.25) is 0 Å². The van der Waals surface area contributed by atoms with Crippen LogP contribution in [0.5, 0.6) is 0 Å². The third-order valence-electron chi connectivity index (χ3n) is 4.04. The smallest absolute Gasteiger partial charge is 0.128 e. The van der Waals surface area contributed by atoms with Crippen LogP contribution in [0.25, 0.3) is 0 Å². The van der Waals surface area contributed by atoms with Crippen LogP contribution in [0.4, 0.5) is 4.39 Å². The van der Waals surface area contributed by atoms with Crippen LogP contribution in [-0.4, -0.2) is 28.6 Å². The Morgan fingerprint density at radius 2 is 1.95 bits per heavy atom. The van der Waals surface area contributed by atoms with E-state index in [2.05, 4.69) is 37.0 Å². The lowest BCUT2D eigenvalue weighted by molar-refractivity contribution is 0.482. The number of rotatable bonds is 5. The maximum atomic E-state index is 14.6. The van der Waals surface area contributed by atoms with Crippen LogP contribution in [0.3, 0.4) is 0 Å². The first kappa shape index (κ1) is 17.2. The summed E-state index contributed by atoms with van der Waals surface area (Å²) in [4.78, 5) is 0. The van der Waals surface area contributed by atoms with Gasteiger partial charge in [-0.25, -0.2) is 4.39 Å². The minimum Gasteiger partial charge on any atom is -0.309 e. The molecule has 1 aliphatic rings. The fourth-order valence-electron chi connectivity index (χ4n) is 3.17. The Morgan fingerprint density at radius 3 is 2.57 bits per heavy atom. The fourth-order valence-corrected chi connectivity index (χ4v) is 6.40. The zero-order valence-corrected chi connectivity index (χ0v) is 15.0. The molecule has 21 heavy (non-hydrogen) atoms. The molecule has 2 rings (SSSR count). The molecule has 0 saturated carbocycles. The molecular formula is C17H26FNS2. The highest BCUT2D eigenvalue weighted by molar-refractivity contribution is 8.07. The van der Waals surface area contributed by atoms with Gasteiger partial charge < -0.3 is 5.32 Å². The largest absolute Gasteiger partial charge is 0.309 e. The van der Waals surface area contributed by atoms with Crippen LogP contribution in [0, 0.1) is 19.7 Å². The molecule has 0 aliphatic carbocycles. The van der Waals surface area contributed by atoms with Crippen LogP contribution in [0.1, 0.15) is 43.0 Å². The molecule has 1 heterocycles. The van der Waals surface area contributed by atoms with E-state index in [1.54, 1.807) is 6.07 Å². The van der Waals surface area contributed by atoms with E-state index < -0.39 is 0 Å². The molecular weight excluding hydrogens is 301 g/mol. The van der Waals surface area contributed by atoms with E-state index >= 15 is 0 Å². The number of aryl methyl sites for hydroxylation is 2. The molecule has 0 amide bonds. The lowest BCUT2D eigenvalue weighted by Crippen LogP contribution is -2.39. The second-order valence-electron chi connectivity index (χ2n) is 5.67. The van der Waals surface area contributed by atoms with E-state index in [9.17, 15) is 4.39 Å². The standard InChI is InChI=1S/C17H26FNS2/c1-5-14-17(21-8-7-20-14)16(19-6-2)15-12(4)9-11(3)10-13(15)18/h9-10,14,16-17,19H,5-8H2,1-4H3. The predicted octanol–water partition coefficient (Wildman–Crippen LogP) is 4.72. The van der Waals surface area contributed by atoms with Crippen molar-refractivity contribution in [2.45, 2.75) is 50.7 Å². The van der Waals surface area contributed by atoms with Gasteiger partial charge in [-0.2, -0.15) is 23.5 Å². The maximum absolute atomic E-state index is 14.6. The molecule has 1 aromatic carbocycles. The fraction of sp³-hybridized carbons (Fsp3) is 0.647. The third kappa shape index (κ3) is 3.96. The maximum Gasteiger partial charge on any atom is 0.128 e. The summed E-state index contributed by atoms with van der Waals surface area (Å²) in [5.74, 6) is 2.33. The summed E-state index contributed by atoms with van der Waals surface area (Å²) in [5.41, 5.74) is 2.95. The topological polar surface area (TPSA) is 12.0 Å². The van der Waals surface area contributed by atoms with Gasteiger partial charge in [0.15, 0.2) is 0 Å². The van der Waals surface area contributed by atoms with Crippen LogP contribution < -0.4 is 5.32 Å². The van der Waals surface area contributed by atoms with E-state index in [1.165, 1.54) is 11.5 Å². The summed E-state index contributed by atoms with van der Waals surface area (Å²) in [5, 5.41) is 4.61. The first-order chi connectivity index (χ1) is 10.1. The first-order valence-corrected chi connectivity index (χ1v) is 9.91. The van der Waals surface area contributed by atoms with Gasteiger partial charge in [-0.1, -0.05) is 19.9 Å². The van der Waals surface area contributed by atoms with E-state index in [-0.39, 0.29) is 11.9 Å². The minimum absolute atomic E-state index is 0.0514. The van der Waals surface area contributed by atoms with Crippen molar-refractivity contribution in [3.05, 3.63) is 34.6 Å². The number of halogens is 1. The normalized spacial score (nSPS) is 24.0. The van der Waals surface area contributed by atoms with Crippen molar-refractivity contribution < 1.29 is 4.39 Å². The Kier molecular flexibility index (Phi) is 6.45. The molecule has 0 spiro atoms. The first-order valence-electron chi connectivity index (χ1n) is 7.81. The summed E-state index contributed by atoms with van der Waals surface area (Å²) in [6, 6.07) is 3.89. The highest BCUT2D eigenvalue weighted by Gasteiger charge is 2.34. The molecule has 0 aromatic heterocycles. The second-order valence-corrected chi connectivity index (χ2v) is 8.30. The van der Waals surface area contributed by atoms with Crippen molar-refractivity contribution in [3.8, 4) is 0 Å². The average molecular weight is 328 g/mol. The lowest BCUT2D eigenvalue weighted by Gasteiger charge is -2.37. The lowest BCUT2D eigenvalue weighted by atomic mass is 9.94. The predicted molar refractivity (Wildman–Crippen MR) is 95.1 cm³/mol. The van der Waals surface area contributed by atoms with Crippen molar-refractivity contribution in [2.75, 3.05) is 18.1 Å². The molecule has 3 unspecified atom stereocenters. The van der Waals surface area contributed by atoms with Crippen molar-refractivity contribution in [2.24, 2.45) is 0 Å². The second kappa shape index (κ2) is 7.89. The van der Waals surface area contributed by atoms with Gasteiger partial charge in [0, 0.05) is 33.6 Å². The summed E-state index contributed by atoms with van der Waals surface area (Å²) in [6.45, 7) is 9.23. The Bertz CT molecular complexity index is 455. The van der Waals surface area contributed by atoms with Crippen LogP contribution in [0.15, 0.2) is 12.1 Å². The number of thioether (sulfide) groups is 2. The molecule has 0 radical (unpaired) electrons. The highest BCUT2D eigenvalue weighted by atomic mass is 32.2. The molecule has 118 valence electrons.